The second-order valence-electron chi connectivity index (χ2n) is 4.68. The van der Waals surface area contributed by atoms with Gasteiger partial charge in [0, 0.05) is 12.0 Å². The van der Waals surface area contributed by atoms with Crippen LogP contribution in [0.15, 0.2) is 0 Å². The first kappa shape index (κ1) is 11.5. The Hall–Kier alpha value is -0.570. The van der Waals surface area contributed by atoms with Crippen LogP contribution in [0.2, 0.25) is 0 Å². The lowest BCUT2D eigenvalue weighted by molar-refractivity contribution is -0.122. The van der Waals surface area contributed by atoms with Gasteiger partial charge in [0.05, 0.1) is 0 Å². The van der Waals surface area contributed by atoms with Crippen molar-refractivity contribution in [2.75, 3.05) is 6.54 Å². The highest BCUT2D eigenvalue weighted by Crippen LogP contribution is 2.27. The number of rotatable bonds is 4. The van der Waals surface area contributed by atoms with E-state index in [1.54, 1.807) is 0 Å². The summed E-state index contributed by atoms with van der Waals surface area (Å²) in [4.78, 5) is 10.9. The number of carbonyl (C=O) groups excluding carboxylic acids is 1. The third-order valence-electron chi connectivity index (χ3n) is 3.06. The Morgan fingerprint density at radius 1 is 1.36 bits per heavy atom. The Morgan fingerprint density at radius 2 is 1.93 bits per heavy atom. The van der Waals surface area contributed by atoms with Crippen LogP contribution in [0.3, 0.4) is 0 Å². The highest BCUT2D eigenvalue weighted by atomic mass is 16.1. The average molecular weight is 198 g/mol. The Kier molecular flexibility index (Phi) is 4.39. The summed E-state index contributed by atoms with van der Waals surface area (Å²) in [6, 6.07) is 0.559. The lowest BCUT2D eigenvalue weighted by atomic mass is 9.81. The summed E-state index contributed by atoms with van der Waals surface area (Å²) >= 11 is 0. The molecule has 0 unspecified atom stereocenters. The molecule has 0 atom stereocenters. The minimum absolute atomic E-state index is 0.111. The van der Waals surface area contributed by atoms with Gasteiger partial charge in [-0.3, -0.25) is 4.79 Å². The number of amides is 1. The molecule has 1 fully saturated rings. The van der Waals surface area contributed by atoms with Gasteiger partial charge < -0.3 is 11.1 Å². The summed E-state index contributed by atoms with van der Waals surface area (Å²) in [5.74, 6) is 0.776. The molecular formula is C11H22N2O. The van der Waals surface area contributed by atoms with E-state index in [-0.39, 0.29) is 11.8 Å². The van der Waals surface area contributed by atoms with E-state index in [0.717, 1.165) is 38.1 Å². The number of nitrogens with two attached hydrogens (primary N) is 1. The molecule has 3 nitrogen and oxygen atoms in total. The van der Waals surface area contributed by atoms with E-state index in [1.165, 1.54) is 0 Å². The molecule has 0 bridgehead atoms. The lowest BCUT2D eigenvalue weighted by Crippen LogP contribution is -2.33. The van der Waals surface area contributed by atoms with E-state index in [9.17, 15) is 4.79 Å². The Labute approximate surface area is 86.4 Å². The smallest absolute Gasteiger partial charge is 0.220 e. The third kappa shape index (κ3) is 3.66. The van der Waals surface area contributed by atoms with Crippen molar-refractivity contribution < 1.29 is 4.79 Å². The van der Waals surface area contributed by atoms with Gasteiger partial charge >= 0.3 is 0 Å². The second kappa shape index (κ2) is 5.35. The first-order chi connectivity index (χ1) is 6.59. The van der Waals surface area contributed by atoms with Gasteiger partial charge in [-0.2, -0.15) is 0 Å². The zero-order chi connectivity index (χ0) is 10.6. The lowest BCUT2D eigenvalue weighted by Gasteiger charge is -2.27. The van der Waals surface area contributed by atoms with Crippen LogP contribution in [-0.2, 0) is 4.79 Å². The summed E-state index contributed by atoms with van der Waals surface area (Å²) in [5, 5.41) is 3.44. The van der Waals surface area contributed by atoms with Crippen LogP contribution in [0, 0.1) is 11.8 Å². The van der Waals surface area contributed by atoms with Gasteiger partial charge in [-0.25, -0.2) is 0 Å². The van der Waals surface area contributed by atoms with Crippen molar-refractivity contribution in [3.63, 3.8) is 0 Å². The van der Waals surface area contributed by atoms with E-state index in [4.69, 9.17) is 5.73 Å². The van der Waals surface area contributed by atoms with Crippen LogP contribution in [0.5, 0.6) is 0 Å². The van der Waals surface area contributed by atoms with Crippen molar-refractivity contribution in [1.82, 2.24) is 5.32 Å². The topological polar surface area (TPSA) is 55.1 Å². The SMILES string of the molecule is CC(C)NC[C@H]1CC[C@H](C(N)=O)CC1. The van der Waals surface area contributed by atoms with Crippen LogP contribution < -0.4 is 11.1 Å². The van der Waals surface area contributed by atoms with E-state index >= 15 is 0 Å². The fourth-order valence-corrected chi connectivity index (χ4v) is 2.05. The quantitative estimate of drug-likeness (QED) is 0.715. The van der Waals surface area contributed by atoms with E-state index in [0.29, 0.717) is 6.04 Å². The average Bonchev–Trinajstić information content (AvgIpc) is 2.15. The van der Waals surface area contributed by atoms with Crippen LogP contribution in [0.1, 0.15) is 39.5 Å². The maximum atomic E-state index is 10.9. The Morgan fingerprint density at radius 3 is 2.36 bits per heavy atom. The van der Waals surface area contributed by atoms with Gasteiger partial charge in [-0.05, 0) is 38.1 Å². The predicted octanol–water partition coefficient (Wildman–Crippen LogP) is 1.28. The van der Waals surface area contributed by atoms with Crippen molar-refractivity contribution in [2.45, 2.75) is 45.6 Å². The van der Waals surface area contributed by atoms with Crippen molar-refractivity contribution >= 4 is 5.91 Å². The summed E-state index contributed by atoms with van der Waals surface area (Å²) < 4.78 is 0. The summed E-state index contributed by atoms with van der Waals surface area (Å²) in [6.07, 6.45) is 4.26. The number of primary amides is 1. The summed E-state index contributed by atoms with van der Waals surface area (Å²) in [6.45, 7) is 5.41. The molecule has 0 saturated heterocycles. The molecule has 0 aromatic carbocycles. The molecule has 1 amide bonds. The van der Waals surface area contributed by atoms with E-state index < -0.39 is 0 Å². The minimum atomic E-state index is -0.111. The number of hydrogen-bond donors (Lipinski definition) is 2. The predicted molar refractivity (Wildman–Crippen MR) is 57.8 cm³/mol. The standard InChI is InChI=1S/C11H22N2O/c1-8(2)13-7-9-3-5-10(6-4-9)11(12)14/h8-10,13H,3-7H2,1-2H3,(H2,12,14)/t9-,10-. The molecule has 0 aromatic rings. The normalized spacial score (nSPS) is 27.9. The molecule has 1 aliphatic carbocycles. The molecule has 1 saturated carbocycles. The first-order valence-electron chi connectivity index (χ1n) is 5.62. The van der Waals surface area contributed by atoms with Crippen LogP contribution in [0.25, 0.3) is 0 Å². The molecule has 0 heterocycles. The van der Waals surface area contributed by atoms with Crippen molar-refractivity contribution in [2.24, 2.45) is 17.6 Å². The molecule has 0 radical (unpaired) electrons. The monoisotopic (exact) mass is 198 g/mol. The zero-order valence-electron chi connectivity index (χ0n) is 9.25. The largest absolute Gasteiger partial charge is 0.369 e. The number of carbonyl (C=O) groups is 1. The Bertz CT molecular complexity index is 184. The summed E-state index contributed by atoms with van der Waals surface area (Å²) in [5.41, 5.74) is 5.28. The molecule has 0 aromatic heterocycles. The third-order valence-corrected chi connectivity index (χ3v) is 3.06. The molecule has 0 spiro atoms. The van der Waals surface area contributed by atoms with Crippen LogP contribution in [-0.4, -0.2) is 18.5 Å². The highest BCUT2D eigenvalue weighted by molar-refractivity contribution is 5.76. The van der Waals surface area contributed by atoms with Gasteiger partial charge in [0.15, 0.2) is 0 Å². The molecule has 82 valence electrons. The van der Waals surface area contributed by atoms with Gasteiger partial charge in [0.2, 0.25) is 5.91 Å². The highest BCUT2D eigenvalue weighted by Gasteiger charge is 2.24. The first-order valence-corrected chi connectivity index (χ1v) is 5.62. The van der Waals surface area contributed by atoms with Crippen LogP contribution in [0.4, 0.5) is 0 Å². The zero-order valence-corrected chi connectivity index (χ0v) is 9.25. The molecule has 0 aliphatic heterocycles. The minimum Gasteiger partial charge on any atom is -0.369 e. The van der Waals surface area contributed by atoms with Crippen molar-refractivity contribution in [3.8, 4) is 0 Å². The summed E-state index contributed by atoms with van der Waals surface area (Å²) in [7, 11) is 0. The van der Waals surface area contributed by atoms with Gasteiger partial charge in [-0.1, -0.05) is 13.8 Å². The van der Waals surface area contributed by atoms with Gasteiger partial charge in [-0.15, -0.1) is 0 Å². The molecule has 3 heteroatoms. The van der Waals surface area contributed by atoms with Gasteiger partial charge in [0.25, 0.3) is 0 Å². The van der Waals surface area contributed by atoms with Crippen molar-refractivity contribution in [3.05, 3.63) is 0 Å². The fraction of sp³-hybridized carbons (Fsp3) is 0.909. The molecule has 14 heavy (non-hydrogen) atoms. The molecule has 3 N–H and O–H groups in total. The van der Waals surface area contributed by atoms with E-state index in [1.807, 2.05) is 0 Å². The fourth-order valence-electron chi connectivity index (χ4n) is 2.05. The molecular weight excluding hydrogens is 176 g/mol. The number of hydrogen-bond acceptors (Lipinski definition) is 2. The Balaban J connectivity index is 2.19. The molecule has 1 aliphatic rings. The van der Waals surface area contributed by atoms with Gasteiger partial charge in [0.1, 0.15) is 0 Å². The number of nitrogens with one attached hydrogen (secondary N) is 1. The second-order valence-corrected chi connectivity index (χ2v) is 4.68. The van der Waals surface area contributed by atoms with E-state index in [2.05, 4.69) is 19.2 Å². The maximum Gasteiger partial charge on any atom is 0.220 e. The van der Waals surface area contributed by atoms with Crippen LogP contribution >= 0.6 is 0 Å². The molecule has 1 rings (SSSR count). The maximum absolute atomic E-state index is 10.9. The van der Waals surface area contributed by atoms with Crippen molar-refractivity contribution in [1.29, 1.82) is 0 Å².